The molecule has 1 aliphatic heterocycles. The SMILES string of the molecule is CC(C)C(O)C(=O)C[C@@H](C)[C@H]1CC[C@H]2[C@@H]3C[C@H](O[C@@H]4O[C@H](C)[C@@H](OS(=O)(=O)O)[C@H](O)[C@H]4O)[C@H]4C[C@@H](OS(=O)(=O)O)CC[C@]4(C)C3=CC[C@]12C. The highest BCUT2D eigenvalue weighted by Crippen LogP contribution is 2.67. The van der Waals surface area contributed by atoms with E-state index in [1.807, 2.05) is 13.8 Å². The lowest BCUT2D eigenvalue weighted by Crippen LogP contribution is -2.61. The van der Waals surface area contributed by atoms with Crippen LogP contribution in [0, 0.1) is 46.3 Å². The smallest absolute Gasteiger partial charge is 0.387 e. The Hall–Kier alpha value is -1.05. The summed E-state index contributed by atoms with van der Waals surface area (Å²) in [5.74, 6) is -0.0488. The molecule has 1 heterocycles. The van der Waals surface area contributed by atoms with Gasteiger partial charge in [-0.25, -0.2) is 8.37 Å². The van der Waals surface area contributed by atoms with Gasteiger partial charge in [0, 0.05) is 6.42 Å². The lowest BCUT2D eigenvalue weighted by Gasteiger charge is -2.59. The lowest BCUT2D eigenvalue weighted by atomic mass is 9.47. The van der Waals surface area contributed by atoms with Gasteiger partial charge in [-0.3, -0.25) is 13.9 Å². The number of aliphatic hydroxyl groups excluding tert-OH is 3. The molecule has 5 aliphatic rings. The Balaban J connectivity index is 1.43. The third-order valence-electron chi connectivity index (χ3n) is 12.8. The van der Waals surface area contributed by atoms with E-state index in [0.717, 1.165) is 19.3 Å². The average molecular weight is 739 g/mol. The number of ketones is 1. The van der Waals surface area contributed by atoms with Crippen LogP contribution < -0.4 is 0 Å². The third-order valence-corrected chi connectivity index (χ3v) is 13.8. The van der Waals surface area contributed by atoms with Crippen molar-refractivity contribution in [2.24, 2.45) is 46.3 Å². The van der Waals surface area contributed by atoms with E-state index in [2.05, 4.69) is 31.0 Å². The van der Waals surface area contributed by atoms with E-state index >= 15 is 0 Å². The lowest BCUT2D eigenvalue weighted by molar-refractivity contribution is -0.312. The quantitative estimate of drug-likeness (QED) is 0.152. The first kappa shape index (κ1) is 39.2. The molecule has 15 atom stereocenters. The molecule has 1 unspecified atom stereocenters. The maximum absolute atomic E-state index is 12.9. The van der Waals surface area contributed by atoms with Gasteiger partial charge in [-0.1, -0.05) is 46.3 Å². The zero-order chi connectivity index (χ0) is 36.4. The number of hydrogen-bond donors (Lipinski definition) is 5. The molecule has 16 heteroatoms. The summed E-state index contributed by atoms with van der Waals surface area (Å²) >= 11 is 0. The molecule has 3 saturated carbocycles. The number of rotatable bonds is 11. The number of carbonyl (C=O) groups excluding carboxylic acids is 1. The van der Waals surface area contributed by atoms with E-state index in [-0.39, 0.29) is 53.1 Å². The van der Waals surface area contributed by atoms with Crippen molar-refractivity contribution in [1.82, 2.24) is 0 Å². The standard InChI is InChI=1S/C33H54O14S2/c1-16(2)27(35)25(34)13-17(3)21-7-8-22-20-15-26(45-31-29(37)28(36)30(18(4)44-31)47-49(41,42)43)24-14-19(46-48(38,39)40)9-11-33(24,6)23(20)10-12-32(21,22)5/h10,16-22,24,26-31,35-37H,7-9,11-15H2,1-6H3,(H,38,39,40)(H,41,42,43)/t17-,18-,19+,20+,21-,22+,24-,26+,27?,28-,29-,30-,31+,32-,33-/m1/s1. The van der Waals surface area contributed by atoms with Crippen molar-refractivity contribution in [1.29, 1.82) is 0 Å². The van der Waals surface area contributed by atoms with Crippen LogP contribution in [0.5, 0.6) is 0 Å². The average Bonchev–Trinajstić information content (AvgIpc) is 3.34. The number of hydrogen-bond acceptors (Lipinski definition) is 12. The molecule has 0 aromatic heterocycles. The highest BCUT2D eigenvalue weighted by atomic mass is 32.3. The maximum Gasteiger partial charge on any atom is 0.397 e. The zero-order valence-corrected chi connectivity index (χ0v) is 30.7. The molecule has 0 aromatic rings. The van der Waals surface area contributed by atoms with Crippen LogP contribution >= 0.6 is 0 Å². The predicted octanol–water partition coefficient (Wildman–Crippen LogP) is 3.02. The van der Waals surface area contributed by atoms with Crippen molar-refractivity contribution in [3.63, 3.8) is 0 Å². The fraction of sp³-hybridized carbons (Fsp3) is 0.909. The second-order valence-corrected chi connectivity index (χ2v) is 18.2. The number of aliphatic hydroxyl groups is 3. The van der Waals surface area contributed by atoms with Crippen LogP contribution in [0.3, 0.4) is 0 Å². The van der Waals surface area contributed by atoms with Crippen LogP contribution in [0.25, 0.3) is 0 Å². The van der Waals surface area contributed by atoms with Crippen LogP contribution in [0.15, 0.2) is 11.6 Å². The number of fused-ring (bicyclic) bond motifs is 5. The summed E-state index contributed by atoms with van der Waals surface area (Å²) < 4.78 is 86.8. The maximum atomic E-state index is 12.9. The summed E-state index contributed by atoms with van der Waals surface area (Å²) in [6, 6.07) is 0. The molecule has 0 amide bonds. The van der Waals surface area contributed by atoms with Gasteiger partial charge >= 0.3 is 20.8 Å². The van der Waals surface area contributed by atoms with Gasteiger partial charge in [0.05, 0.1) is 18.3 Å². The van der Waals surface area contributed by atoms with Crippen LogP contribution in [0.1, 0.15) is 92.9 Å². The topological polar surface area (TPSA) is 223 Å². The molecule has 282 valence electrons. The van der Waals surface area contributed by atoms with E-state index in [9.17, 15) is 46.1 Å². The van der Waals surface area contributed by atoms with Gasteiger partial charge in [-0.05, 0) is 98.2 Å². The van der Waals surface area contributed by atoms with Crippen molar-refractivity contribution >= 4 is 26.6 Å². The highest BCUT2D eigenvalue weighted by Gasteiger charge is 2.61. The van der Waals surface area contributed by atoms with Gasteiger partial charge < -0.3 is 24.8 Å². The van der Waals surface area contributed by atoms with Crippen LogP contribution in [0.2, 0.25) is 0 Å². The molecule has 49 heavy (non-hydrogen) atoms. The fourth-order valence-electron chi connectivity index (χ4n) is 10.4. The van der Waals surface area contributed by atoms with Crippen LogP contribution in [-0.4, -0.2) is 96.1 Å². The van der Waals surface area contributed by atoms with Gasteiger partial charge in [0.1, 0.15) is 24.4 Å². The molecule has 0 radical (unpaired) electrons. The second kappa shape index (κ2) is 14.1. The minimum atomic E-state index is -4.97. The van der Waals surface area contributed by atoms with E-state index in [4.69, 9.17) is 13.7 Å². The predicted molar refractivity (Wildman–Crippen MR) is 174 cm³/mol. The molecule has 1 saturated heterocycles. The van der Waals surface area contributed by atoms with E-state index in [0.29, 0.717) is 25.7 Å². The summed E-state index contributed by atoms with van der Waals surface area (Å²) in [6.07, 6.45) is -3.17. The highest BCUT2D eigenvalue weighted by molar-refractivity contribution is 7.81. The first-order valence-electron chi connectivity index (χ1n) is 17.5. The van der Waals surface area contributed by atoms with Gasteiger partial charge in [0.2, 0.25) is 0 Å². The molecular weight excluding hydrogens is 684 g/mol. The van der Waals surface area contributed by atoms with Gasteiger partial charge in [0.25, 0.3) is 0 Å². The molecule has 0 bridgehead atoms. The Kier molecular flexibility index (Phi) is 11.2. The van der Waals surface area contributed by atoms with E-state index in [1.165, 1.54) is 12.5 Å². The molecule has 0 spiro atoms. The van der Waals surface area contributed by atoms with Crippen LogP contribution in [0.4, 0.5) is 0 Å². The minimum Gasteiger partial charge on any atom is -0.387 e. The Bertz CT molecular complexity index is 1480. The summed E-state index contributed by atoms with van der Waals surface area (Å²) in [5.41, 5.74) is 0.668. The molecule has 5 N–H and O–H groups in total. The van der Waals surface area contributed by atoms with Crippen molar-refractivity contribution in [3.8, 4) is 0 Å². The summed E-state index contributed by atoms with van der Waals surface area (Å²) in [7, 11) is -9.69. The summed E-state index contributed by atoms with van der Waals surface area (Å²) in [4.78, 5) is 12.9. The van der Waals surface area contributed by atoms with Crippen LogP contribution in [-0.2, 0) is 43.4 Å². The molecule has 4 aliphatic carbocycles. The first-order chi connectivity index (χ1) is 22.6. The monoisotopic (exact) mass is 738 g/mol. The second-order valence-electron chi connectivity index (χ2n) is 16.1. The normalized spacial score (nSPS) is 44.0. The third kappa shape index (κ3) is 7.85. The molecule has 14 nitrogen and oxygen atoms in total. The first-order valence-corrected chi connectivity index (χ1v) is 20.2. The van der Waals surface area contributed by atoms with Crippen molar-refractivity contribution in [3.05, 3.63) is 11.6 Å². The van der Waals surface area contributed by atoms with Crippen molar-refractivity contribution in [2.45, 2.75) is 142 Å². The Morgan fingerprint density at radius 2 is 1.63 bits per heavy atom. The molecule has 0 aromatic carbocycles. The summed E-state index contributed by atoms with van der Waals surface area (Å²) in [6.45, 7) is 11.6. The Morgan fingerprint density at radius 1 is 0.980 bits per heavy atom. The molecular formula is C33H54O14S2. The van der Waals surface area contributed by atoms with Crippen molar-refractivity contribution < 1.29 is 63.9 Å². The van der Waals surface area contributed by atoms with E-state index < -0.39 is 75.2 Å². The number of ether oxygens (including phenoxy) is 2. The number of Topliss-reactive ketones (excluding diaryl/α,β-unsaturated/α-hetero) is 1. The van der Waals surface area contributed by atoms with Gasteiger partial charge in [-0.15, -0.1) is 0 Å². The number of allylic oxidation sites excluding steroid dienone is 2. The fourth-order valence-corrected chi connectivity index (χ4v) is 11.5. The Morgan fingerprint density at radius 3 is 2.24 bits per heavy atom. The van der Waals surface area contributed by atoms with Gasteiger partial charge in [-0.2, -0.15) is 16.8 Å². The van der Waals surface area contributed by atoms with Gasteiger partial charge in [0.15, 0.2) is 12.1 Å². The molecule has 4 fully saturated rings. The molecule has 5 rings (SSSR count). The summed E-state index contributed by atoms with van der Waals surface area (Å²) in [5, 5.41) is 32.3. The van der Waals surface area contributed by atoms with Crippen molar-refractivity contribution in [2.75, 3.05) is 0 Å². The van der Waals surface area contributed by atoms with E-state index in [1.54, 1.807) is 0 Å². The minimum absolute atomic E-state index is 0.0527. The number of carbonyl (C=O) groups is 1. The zero-order valence-electron chi connectivity index (χ0n) is 29.0. The largest absolute Gasteiger partial charge is 0.397 e. The Labute approximate surface area is 289 Å².